The topological polar surface area (TPSA) is 59.0 Å². The highest BCUT2D eigenvalue weighted by atomic mass is 16.5. The van der Waals surface area contributed by atoms with Crippen molar-refractivity contribution in [2.24, 2.45) is 5.89 Å². The van der Waals surface area contributed by atoms with Gasteiger partial charge < -0.3 is 14.6 Å². The van der Waals surface area contributed by atoms with Crippen LogP contribution >= 0.6 is 0 Å². The molecule has 0 aromatic heterocycles. The van der Waals surface area contributed by atoms with E-state index < -0.39 is 49.5 Å². The smallest absolute Gasteiger partial charge is 0.161 e. The molecule has 1 saturated heterocycles. The maximum atomic E-state index is 13.4. The lowest BCUT2D eigenvalue weighted by Crippen LogP contribution is -2.47. The summed E-state index contributed by atoms with van der Waals surface area (Å²) >= 11 is 0. The van der Waals surface area contributed by atoms with Crippen molar-refractivity contribution in [3.05, 3.63) is 23.3 Å². The van der Waals surface area contributed by atoms with Crippen LogP contribution in [0.5, 0.6) is 11.5 Å². The molecule has 1 fully saturated rings. The third-order valence-electron chi connectivity index (χ3n) is 4.27. The minimum atomic E-state index is -3.28. The summed E-state index contributed by atoms with van der Waals surface area (Å²) in [5.74, 6) is -3.50. The molecule has 2 aliphatic heterocycles. The van der Waals surface area contributed by atoms with E-state index in [0.29, 0.717) is 30.4 Å². The second kappa shape index (κ2) is 6.37. The second-order valence-corrected chi connectivity index (χ2v) is 6.18. The van der Waals surface area contributed by atoms with Gasteiger partial charge in [0, 0.05) is 42.4 Å². The number of carbonyl (C=O) groups excluding carboxylic acids is 1. The second-order valence-electron chi connectivity index (χ2n) is 6.18. The number of ketones is 1. The zero-order valence-electron chi connectivity index (χ0n) is 22.0. The average Bonchev–Trinajstić information content (AvgIpc) is 2.69. The minimum absolute atomic E-state index is 0.201. The molecule has 5 nitrogen and oxygen atoms in total. The van der Waals surface area contributed by atoms with Gasteiger partial charge in [0.25, 0.3) is 0 Å². The largest absolute Gasteiger partial charge is 0.493 e. The van der Waals surface area contributed by atoms with Crippen LogP contribution < -0.4 is 9.47 Å². The molecule has 0 radical (unpaired) electrons. The average molecular weight is 341 g/mol. The number of fused-ring (bicyclic) bond motifs is 3. The molecule has 1 unspecified atom stereocenters. The minimum Gasteiger partial charge on any atom is -0.493 e. The van der Waals surface area contributed by atoms with Gasteiger partial charge in [-0.05, 0) is 49.8 Å². The van der Waals surface area contributed by atoms with E-state index in [1.807, 2.05) is 0 Å². The molecule has 1 aromatic rings. The van der Waals surface area contributed by atoms with E-state index in [9.17, 15) is 9.90 Å². The molecule has 0 saturated carbocycles. The first-order chi connectivity index (χ1) is 14.5. The molecule has 132 valence electrons. The molecule has 24 heavy (non-hydrogen) atoms. The molecule has 3 atom stereocenters. The van der Waals surface area contributed by atoms with Crippen LogP contribution in [0.2, 0.25) is 0 Å². The van der Waals surface area contributed by atoms with E-state index in [4.69, 9.17) is 20.4 Å². The molecule has 0 amide bonds. The van der Waals surface area contributed by atoms with Gasteiger partial charge in [-0.3, -0.25) is 9.69 Å². The SMILES string of the molecule is [2H]C1([2H])C(=O)[C@@]([2H])(C([2H])([2H])C(C)(O)C([2H])([2H])[2H])CN2CCc3cc(OC)c(OC)cc3[C@@H]21. The van der Waals surface area contributed by atoms with Gasteiger partial charge in [-0.2, -0.15) is 0 Å². The first-order valence-corrected chi connectivity index (χ1v) is 7.73. The Kier molecular flexibility index (Phi) is 2.60. The van der Waals surface area contributed by atoms with E-state index in [0.717, 1.165) is 5.56 Å². The van der Waals surface area contributed by atoms with Gasteiger partial charge in [0.05, 0.1) is 19.8 Å². The van der Waals surface area contributed by atoms with Gasteiger partial charge in [-0.1, -0.05) is 0 Å². The predicted molar refractivity (Wildman–Crippen MR) is 91.6 cm³/mol. The van der Waals surface area contributed by atoms with Crippen LogP contribution in [0.4, 0.5) is 0 Å². The van der Waals surface area contributed by atoms with Crippen LogP contribution in [0.25, 0.3) is 0 Å². The third kappa shape index (κ3) is 3.28. The lowest BCUT2D eigenvalue weighted by Gasteiger charge is -2.44. The number of rotatable bonds is 4. The van der Waals surface area contributed by atoms with E-state index in [1.165, 1.54) is 19.1 Å². The first kappa shape index (κ1) is 9.78. The first-order valence-electron chi connectivity index (χ1n) is 11.7. The van der Waals surface area contributed by atoms with Crippen LogP contribution in [-0.2, 0) is 11.2 Å². The van der Waals surface area contributed by atoms with Crippen molar-refractivity contribution >= 4 is 5.78 Å². The van der Waals surface area contributed by atoms with E-state index in [2.05, 4.69) is 0 Å². The van der Waals surface area contributed by atoms with Crippen molar-refractivity contribution in [1.29, 1.82) is 0 Å². The van der Waals surface area contributed by atoms with Crippen molar-refractivity contribution in [2.75, 3.05) is 27.3 Å². The highest BCUT2D eigenvalue weighted by Gasteiger charge is 2.40. The normalized spacial score (nSPS) is 37.5. The lowest BCUT2D eigenvalue weighted by molar-refractivity contribution is -0.131. The summed E-state index contributed by atoms with van der Waals surface area (Å²) in [6.07, 6.45) is -5.61. The number of hydrogen-bond acceptors (Lipinski definition) is 5. The Bertz CT molecular complexity index is 933. The van der Waals surface area contributed by atoms with E-state index in [-0.39, 0.29) is 6.54 Å². The summed E-state index contributed by atoms with van der Waals surface area (Å²) in [5.41, 5.74) is -1.88. The summed E-state index contributed by atoms with van der Waals surface area (Å²) in [5, 5.41) is 10.6. The fourth-order valence-corrected chi connectivity index (χ4v) is 3.21. The monoisotopic (exact) mass is 341 g/mol. The number of carbonyl (C=O) groups is 1. The van der Waals surface area contributed by atoms with Crippen molar-refractivity contribution in [3.8, 4) is 11.5 Å². The maximum Gasteiger partial charge on any atom is 0.161 e. The Morgan fingerprint density at radius 1 is 1.50 bits per heavy atom. The van der Waals surface area contributed by atoms with Crippen LogP contribution in [0, 0.1) is 5.89 Å². The van der Waals surface area contributed by atoms with Gasteiger partial charge in [0.15, 0.2) is 11.5 Å². The summed E-state index contributed by atoms with van der Waals surface area (Å²) in [6.45, 7) is -2.91. The Hall–Kier alpha value is -1.59. The van der Waals surface area contributed by atoms with Crippen LogP contribution in [-0.4, -0.2) is 48.7 Å². The lowest BCUT2D eigenvalue weighted by atomic mass is 9.79. The fourth-order valence-electron chi connectivity index (χ4n) is 3.21. The molecule has 3 rings (SSSR count). The maximum absolute atomic E-state index is 13.4. The molecule has 2 heterocycles. The fraction of sp³-hybridized carbons (Fsp3) is 0.632. The van der Waals surface area contributed by atoms with Gasteiger partial charge >= 0.3 is 0 Å². The van der Waals surface area contributed by atoms with E-state index >= 15 is 0 Å². The Labute approximate surface area is 154 Å². The van der Waals surface area contributed by atoms with Crippen molar-refractivity contribution < 1.29 is 30.3 Å². The van der Waals surface area contributed by atoms with Crippen LogP contribution in [0.1, 0.15) is 54.7 Å². The van der Waals surface area contributed by atoms with Gasteiger partial charge in [0.1, 0.15) is 5.78 Å². The van der Waals surface area contributed by atoms with Crippen molar-refractivity contribution in [1.82, 2.24) is 4.90 Å². The number of benzene rings is 1. The molecule has 0 bridgehead atoms. The summed E-state index contributed by atoms with van der Waals surface area (Å²) in [6, 6.07) is 2.14. The number of Topliss-reactive ketones (excluding diaryl/α,β-unsaturated/α-hetero) is 1. The van der Waals surface area contributed by atoms with Gasteiger partial charge in [0.2, 0.25) is 0 Å². The Balaban J connectivity index is 2.14. The third-order valence-corrected chi connectivity index (χ3v) is 4.27. The molecular formula is C19H27NO4. The van der Waals surface area contributed by atoms with E-state index in [1.54, 1.807) is 12.1 Å². The number of nitrogens with zero attached hydrogens (tertiary/aromatic N) is 1. The number of aliphatic hydroxyl groups is 1. The standard InChI is InChI=1S/C19H27NO4/c1-19(2,22)10-13-11-20-6-5-12-7-17(23-3)18(24-4)8-14(12)15(20)9-16(13)21/h7-8,13,15,22H,5-6,9-11H2,1-4H3/t13-,15-/m0/s1/i1D3,9D2,10D2,13D/t13-,15-,19?. The predicted octanol–water partition coefficient (Wildman–Crippen LogP) is 2.35. The van der Waals surface area contributed by atoms with Gasteiger partial charge in [-0.25, -0.2) is 0 Å². The zero-order chi connectivity index (χ0) is 24.5. The van der Waals surface area contributed by atoms with Crippen molar-refractivity contribution in [2.45, 2.75) is 44.6 Å². The van der Waals surface area contributed by atoms with Crippen LogP contribution in [0.15, 0.2) is 12.1 Å². The van der Waals surface area contributed by atoms with Crippen LogP contribution in [0.3, 0.4) is 0 Å². The van der Waals surface area contributed by atoms with Gasteiger partial charge in [-0.15, -0.1) is 0 Å². The summed E-state index contributed by atoms with van der Waals surface area (Å²) in [7, 11) is 2.89. The molecule has 1 N–H and O–H groups in total. The zero-order valence-corrected chi connectivity index (χ0v) is 14.0. The molecule has 5 heteroatoms. The Morgan fingerprint density at radius 2 is 2.21 bits per heavy atom. The molecular weight excluding hydrogens is 306 g/mol. The molecule has 0 aliphatic carbocycles. The highest BCUT2D eigenvalue weighted by Crippen LogP contribution is 2.42. The molecule has 2 aliphatic rings. The number of ether oxygens (including phenoxy) is 2. The number of piperidine rings is 1. The number of methoxy groups -OCH3 is 2. The van der Waals surface area contributed by atoms with Crippen molar-refractivity contribution in [3.63, 3.8) is 0 Å². The molecule has 0 spiro atoms. The number of hydrogen-bond donors (Lipinski definition) is 1. The molecule has 1 aromatic carbocycles. The Morgan fingerprint density at radius 3 is 2.88 bits per heavy atom. The summed E-state index contributed by atoms with van der Waals surface area (Å²) < 4.78 is 75.9. The summed E-state index contributed by atoms with van der Waals surface area (Å²) in [4.78, 5) is 14.8. The quantitative estimate of drug-likeness (QED) is 0.911. The highest BCUT2D eigenvalue weighted by molar-refractivity contribution is 5.83.